The van der Waals surface area contributed by atoms with Gasteiger partial charge in [0.15, 0.2) is 0 Å². The third-order valence-electron chi connectivity index (χ3n) is 2.68. The van der Waals surface area contributed by atoms with Crippen LogP contribution in [-0.2, 0) is 10.0 Å². The lowest BCUT2D eigenvalue weighted by atomic mass is 10.1. The highest BCUT2D eigenvalue weighted by Crippen LogP contribution is 2.30. The van der Waals surface area contributed by atoms with Gasteiger partial charge in [0.25, 0.3) is 0 Å². The second-order valence-corrected chi connectivity index (χ2v) is 6.22. The van der Waals surface area contributed by atoms with Crippen LogP contribution in [0.2, 0.25) is 0 Å². The highest BCUT2D eigenvalue weighted by atomic mass is 32.2. The quantitative estimate of drug-likeness (QED) is 0.845. The van der Waals surface area contributed by atoms with Crippen molar-refractivity contribution in [3.8, 4) is 11.3 Å². The lowest BCUT2D eigenvalue weighted by Gasteiger charge is -2.15. The number of para-hydroxylation sites is 1. The number of nitrogens with zero attached hydrogens (tertiary/aromatic N) is 3. The van der Waals surface area contributed by atoms with E-state index in [-0.39, 0.29) is 10.6 Å². The van der Waals surface area contributed by atoms with Gasteiger partial charge in [-0.2, -0.15) is 0 Å². The number of hydrogen-bond acceptors (Lipinski definition) is 5. The van der Waals surface area contributed by atoms with Gasteiger partial charge in [-0.3, -0.25) is 0 Å². The Balaban J connectivity index is 2.64. The third-order valence-corrected chi connectivity index (χ3v) is 4.56. The normalized spacial score (nSPS) is 11.7. The second-order valence-electron chi connectivity index (χ2n) is 4.10. The first kappa shape index (κ1) is 13.4. The first-order chi connectivity index (χ1) is 8.94. The van der Waals surface area contributed by atoms with Crippen LogP contribution < -0.4 is 5.73 Å². The van der Waals surface area contributed by atoms with Crippen molar-refractivity contribution in [2.24, 2.45) is 0 Å². The lowest BCUT2D eigenvalue weighted by molar-refractivity contribution is 0.521. The SMILES string of the molecule is CN(C)S(=O)(=O)c1cccc(-c2ccncn2)c1N. The van der Waals surface area contributed by atoms with Crippen LogP contribution in [0, 0.1) is 0 Å². The molecule has 2 N–H and O–H groups in total. The molecule has 1 aromatic carbocycles. The third kappa shape index (κ3) is 2.42. The summed E-state index contributed by atoms with van der Waals surface area (Å²) in [5.41, 5.74) is 7.32. The number of sulfonamides is 1. The van der Waals surface area contributed by atoms with E-state index < -0.39 is 10.0 Å². The zero-order chi connectivity index (χ0) is 14.0. The van der Waals surface area contributed by atoms with Crippen molar-refractivity contribution in [1.29, 1.82) is 0 Å². The molecule has 0 radical (unpaired) electrons. The summed E-state index contributed by atoms with van der Waals surface area (Å²) in [5.74, 6) is 0. The molecule has 0 saturated carbocycles. The fourth-order valence-electron chi connectivity index (χ4n) is 1.64. The molecule has 1 heterocycles. The van der Waals surface area contributed by atoms with Crippen LogP contribution in [0.1, 0.15) is 0 Å². The molecule has 2 rings (SSSR count). The van der Waals surface area contributed by atoms with Gasteiger partial charge in [-0.15, -0.1) is 0 Å². The van der Waals surface area contributed by atoms with Crippen molar-refractivity contribution < 1.29 is 8.42 Å². The van der Waals surface area contributed by atoms with Gasteiger partial charge in [0, 0.05) is 25.9 Å². The maximum absolute atomic E-state index is 12.1. The molecule has 1 aromatic heterocycles. The van der Waals surface area contributed by atoms with E-state index in [0.717, 1.165) is 4.31 Å². The molecule has 0 amide bonds. The van der Waals surface area contributed by atoms with Gasteiger partial charge in [-0.05, 0) is 12.1 Å². The van der Waals surface area contributed by atoms with Crippen molar-refractivity contribution in [3.05, 3.63) is 36.8 Å². The number of benzene rings is 1. The minimum Gasteiger partial charge on any atom is -0.397 e. The van der Waals surface area contributed by atoms with Crippen LogP contribution in [0.3, 0.4) is 0 Å². The molecule has 6 nitrogen and oxygen atoms in total. The molecule has 7 heteroatoms. The Bertz CT molecular complexity index is 684. The highest BCUT2D eigenvalue weighted by molar-refractivity contribution is 7.89. The molecule has 0 aliphatic carbocycles. The van der Waals surface area contributed by atoms with Crippen molar-refractivity contribution >= 4 is 15.7 Å². The van der Waals surface area contributed by atoms with Crippen LogP contribution in [0.25, 0.3) is 11.3 Å². The van der Waals surface area contributed by atoms with Gasteiger partial charge >= 0.3 is 0 Å². The van der Waals surface area contributed by atoms with Crippen molar-refractivity contribution in [1.82, 2.24) is 14.3 Å². The molecule has 0 unspecified atom stereocenters. The summed E-state index contributed by atoms with van der Waals surface area (Å²) < 4.78 is 25.4. The molecule has 0 saturated heterocycles. The van der Waals surface area contributed by atoms with E-state index in [1.807, 2.05) is 0 Å². The molecule has 0 aliphatic heterocycles. The lowest BCUT2D eigenvalue weighted by Crippen LogP contribution is -2.23. The maximum Gasteiger partial charge on any atom is 0.244 e. The van der Waals surface area contributed by atoms with Crippen molar-refractivity contribution in [3.63, 3.8) is 0 Å². The van der Waals surface area contributed by atoms with E-state index in [1.54, 1.807) is 24.4 Å². The van der Waals surface area contributed by atoms with E-state index >= 15 is 0 Å². The van der Waals surface area contributed by atoms with E-state index in [1.165, 1.54) is 26.5 Å². The van der Waals surface area contributed by atoms with Crippen LogP contribution in [0.5, 0.6) is 0 Å². The summed E-state index contributed by atoms with van der Waals surface area (Å²) in [6.07, 6.45) is 2.97. The first-order valence-corrected chi connectivity index (χ1v) is 6.96. The summed E-state index contributed by atoms with van der Waals surface area (Å²) >= 11 is 0. The number of anilines is 1. The minimum absolute atomic E-state index is 0.0774. The van der Waals surface area contributed by atoms with Crippen molar-refractivity contribution in [2.45, 2.75) is 4.90 Å². The van der Waals surface area contributed by atoms with Gasteiger partial charge in [0.05, 0.1) is 11.4 Å². The molecule has 0 atom stereocenters. The fraction of sp³-hybridized carbons (Fsp3) is 0.167. The summed E-state index contributed by atoms with van der Waals surface area (Å²) in [7, 11) is -0.644. The monoisotopic (exact) mass is 278 g/mol. The smallest absolute Gasteiger partial charge is 0.244 e. The molecule has 0 bridgehead atoms. The van der Waals surface area contributed by atoms with E-state index in [2.05, 4.69) is 9.97 Å². The fourth-order valence-corrected chi connectivity index (χ4v) is 2.67. The molecule has 0 fully saturated rings. The Kier molecular flexibility index (Phi) is 3.50. The van der Waals surface area contributed by atoms with E-state index in [4.69, 9.17) is 5.73 Å². The topological polar surface area (TPSA) is 89.2 Å². The predicted molar refractivity (Wildman–Crippen MR) is 72.8 cm³/mol. The van der Waals surface area contributed by atoms with E-state index in [0.29, 0.717) is 11.3 Å². The van der Waals surface area contributed by atoms with Gasteiger partial charge in [0.1, 0.15) is 11.2 Å². The molecule has 100 valence electrons. The molecule has 2 aromatic rings. The van der Waals surface area contributed by atoms with Gasteiger partial charge < -0.3 is 5.73 Å². The number of aromatic nitrogens is 2. The van der Waals surface area contributed by atoms with Crippen LogP contribution in [-0.4, -0.2) is 36.8 Å². The van der Waals surface area contributed by atoms with Gasteiger partial charge in [0.2, 0.25) is 10.0 Å². The zero-order valence-corrected chi connectivity index (χ0v) is 11.4. The number of rotatable bonds is 3. The Morgan fingerprint density at radius 2 is 1.95 bits per heavy atom. The van der Waals surface area contributed by atoms with Crippen LogP contribution in [0.15, 0.2) is 41.7 Å². The Morgan fingerprint density at radius 1 is 1.21 bits per heavy atom. The number of nitrogen functional groups attached to an aromatic ring is 1. The number of hydrogen-bond donors (Lipinski definition) is 1. The Morgan fingerprint density at radius 3 is 2.53 bits per heavy atom. The minimum atomic E-state index is -3.57. The summed E-state index contributed by atoms with van der Waals surface area (Å²) in [6, 6.07) is 6.53. The van der Waals surface area contributed by atoms with E-state index in [9.17, 15) is 8.42 Å². The van der Waals surface area contributed by atoms with Crippen LogP contribution >= 0.6 is 0 Å². The molecular formula is C12H14N4O2S. The highest BCUT2D eigenvalue weighted by Gasteiger charge is 2.22. The average molecular weight is 278 g/mol. The average Bonchev–Trinajstić information content (AvgIpc) is 2.39. The van der Waals surface area contributed by atoms with Gasteiger partial charge in [-0.1, -0.05) is 12.1 Å². The second kappa shape index (κ2) is 4.94. The number of nitrogens with two attached hydrogens (primary N) is 1. The van der Waals surface area contributed by atoms with Crippen LogP contribution in [0.4, 0.5) is 5.69 Å². The molecule has 0 spiro atoms. The summed E-state index contributed by atoms with van der Waals surface area (Å²) in [6.45, 7) is 0. The molecular weight excluding hydrogens is 264 g/mol. The van der Waals surface area contributed by atoms with Crippen molar-refractivity contribution in [2.75, 3.05) is 19.8 Å². The Labute approximate surface area is 112 Å². The summed E-state index contributed by atoms with van der Waals surface area (Å²) in [5, 5.41) is 0. The maximum atomic E-state index is 12.1. The standard InChI is InChI=1S/C12H14N4O2S/c1-16(2)19(17,18)11-5-3-4-9(12(11)13)10-6-7-14-8-15-10/h3-8H,13H2,1-2H3. The molecule has 0 aliphatic rings. The molecule has 19 heavy (non-hydrogen) atoms. The summed E-state index contributed by atoms with van der Waals surface area (Å²) in [4.78, 5) is 7.98. The largest absolute Gasteiger partial charge is 0.397 e. The zero-order valence-electron chi connectivity index (χ0n) is 10.6. The first-order valence-electron chi connectivity index (χ1n) is 5.52. The predicted octanol–water partition coefficient (Wildman–Crippen LogP) is 0.976. The Hall–Kier alpha value is -1.99. The van der Waals surface area contributed by atoms with Gasteiger partial charge in [-0.25, -0.2) is 22.7 Å².